The van der Waals surface area contributed by atoms with E-state index >= 15 is 0 Å². The maximum Gasteiger partial charge on any atom is 0.226 e. The summed E-state index contributed by atoms with van der Waals surface area (Å²) >= 11 is 1.41. The van der Waals surface area contributed by atoms with Crippen molar-refractivity contribution in [3.63, 3.8) is 0 Å². The van der Waals surface area contributed by atoms with E-state index in [1.54, 1.807) is 0 Å². The van der Waals surface area contributed by atoms with E-state index in [1.807, 2.05) is 42.5 Å². The largest absolute Gasteiger partial charge is 0.399 e. The van der Waals surface area contributed by atoms with Crippen LogP contribution >= 0.6 is 11.3 Å². The maximum atomic E-state index is 12.2. The molecule has 1 aromatic heterocycles. The van der Waals surface area contributed by atoms with Crippen molar-refractivity contribution in [1.29, 1.82) is 0 Å². The highest BCUT2D eigenvalue weighted by Gasteiger charge is 2.27. The van der Waals surface area contributed by atoms with Gasteiger partial charge in [-0.3, -0.25) is 4.79 Å². The molecule has 0 unspecified atom stereocenters. The summed E-state index contributed by atoms with van der Waals surface area (Å²) in [6.45, 7) is 4.21. The number of rotatable bonds is 6. The molecule has 0 aliphatic heterocycles. The molecule has 2 aromatic carbocycles. The zero-order valence-corrected chi connectivity index (χ0v) is 15.7. The summed E-state index contributed by atoms with van der Waals surface area (Å²) in [5, 5.41) is 12.6. The lowest BCUT2D eigenvalue weighted by atomic mass is 9.85. The molecule has 0 spiro atoms. The lowest BCUT2D eigenvalue weighted by Gasteiger charge is -2.21. The number of benzene rings is 2. The number of hydrogen-bond acceptors (Lipinski definition) is 5. The van der Waals surface area contributed by atoms with Crippen LogP contribution in [-0.2, 0) is 16.6 Å². The van der Waals surface area contributed by atoms with Gasteiger partial charge < -0.3 is 11.1 Å². The zero-order chi connectivity index (χ0) is 18.6. The minimum Gasteiger partial charge on any atom is -0.399 e. The van der Waals surface area contributed by atoms with E-state index in [-0.39, 0.29) is 11.3 Å². The molecule has 0 aliphatic rings. The average Bonchev–Trinajstić information content (AvgIpc) is 3.11. The van der Waals surface area contributed by atoms with Crippen LogP contribution in [0.15, 0.2) is 54.6 Å². The van der Waals surface area contributed by atoms with Crippen LogP contribution in [0.25, 0.3) is 0 Å². The van der Waals surface area contributed by atoms with Crippen LogP contribution in [0.2, 0.25) is 0 Å². The number of aromatic nitrogens is 2. The standard InChI is InChI=1S/C20H22N4OS/c1-20(2,15-9-4-3-5-10-15)18-23-24-19(26-18)22-17(25)13-12-14-8-6-7-11-16(14)21/h3-11H,12-13,21H2,1-2H3,(H,22,24,25). The molecular formula is C20H22N4OS. The van der Waals surface area contributed by atoms with Crippen LogP contribution in [0.5, 0.6) is 0 Å². The van der Waals surface area contributed by atoms with Crippen LogP contribution in [0.4, 0.5) is 10.8 Å². The Hall–Kier alpha value is -2.73. The first-order valence-corrected chi connectivity index (χ1v) is 9.31. The van der Waals surface area contributed by atoms with Gasteiger partial charge in [0.2, 0.25) is 11.0 Å². The minimum atomic E-state index is -0.263. The second-order valence-corrected chi connectivity index (χ2v) is 7.63. The third-order valence-electron chi connectivity index (χ3n) is 4.38. The number of hydrogen-bond donors (Lipinski definition) is 2. The number of carbonyl (C=O) groups is 1. The van der Waals surface area contributed by atoms with Gasteiger partial charge in [0.25, 0.3) is 0 Å². The highest BCUT2D eigenvalue weighted by atomic mass is 32.1. The molecule has 1 amide bonds. The predicted octanol–water partition coefficient (Wildman–Crippen LogP) is 4.02. The first-order chi connectivity index (χ1) is 12.5. The molecule has 1 heterocycles. The van der Waals surface area contributed by atoms with Crippen molar-refractivity contribution in [2.75, 3.05) is 11.1 Å². The Morgan fingerprint density at radius 1 is 1.08 bits per heavy atom. The van der Waals surface area contributed by atoms with Gasteiger partial charge in [-0.2, -0.15) is 0 Å². The smallest absolute Gasteiger partial charge is 0.226 e. The average molecular weight is 366 g/mol. The van der Waals surface area contributed by atoms with Gasteiger partial charge in [-0.25, -0.2) is 0 Å². The molecular weight excluding hydrogens is 344 g/mol. The van der Waals surface area contributed by atoms with Crippen molar-refractivity contribution < 1.29 is 4.79 Å². The molecule has 0 radical (unpaired) electrons. The summed E-state index contributed by atoms with van der Waals surface area (Å²) in [5.41, 5.74) is 8.50. The molecule has 3 rings (SSSR count). The van der Waals surface area contributed by atoms with E-state index in [9.17, 15) is 4.79 Å². The van der Waals surface area contributed by atoms with E-state index in [2.05, 4.69) is 41.5 Å². The third-order valence-corrected chi connectivity index (χ3v) is 5.54. The molecule has 0 fully saturated rings. The topological polar surface area (TPSA) is 80.9 Å². The van der Waals surface area contributed by atoms with Crippen molar-refractivity contribution in [1.82, 2.24) is 10.2 Å². The number of anilines is 2. The Balaban J connectivity index is 1.63. The Morgan fingerprint density at radius 3 is 2.50 bits per heavy atom. The molecule has 134 valence electrons. The Morgan fingerprint density at radius 2 is 1.77 bits per heavy atom. The highest BCUT2D eigenvalue weighted by molar-refractivity contribution is 7.15. The fraction of sp³-hybridized carbons (Fsp3) is 0.250. The molecule has 0 saturated heterocycles. The molecule has 3 N–H and O–H groups in total. The number of para-hydroxylation sites is 1. The van der Waals surface area contributed by atoms with Crippen LogP contribution in [0, 0.1) is 0 Å². The summed E-state index contributed by atoms with van der Waals surface area (Å²) < 4.78 is 0. The summed E-state index contributed by atoms with van der Waals surface area (Å²) in [6, 6.07) is 17.7. The molecule has 0 saturated carbocycles. The van der Waals surface area contributed by atoms with Gasteiger partial charge in [-0.05, 0) is 37.5 Å². The Bertz CT molecular complexity index is 890. The van der Waals surface area contributed by atoms with E-state index in [0.717, 1.165) is 16.1 Å². The van der Waals surface area contributed by atoms with Crippen LogP contribution in [0.1, 0.15) is 36.4 Å². The minimum absolute atomic E-state index is 0.0894. The Kier molecular flexibility index (Phi) is 5.32. The van der Waals surface area contributed by atoms with Gasteiger partial charge in [0.1, 0.15) is 5.01 Å². The van der Waals surface area contributed by atoms with Crippen molar-refractivity contribution in [2.24, 2.45) is 0 Å². The lowest BCUT2D eigenvalue weighted by molar-refractivity contribution is -0.116. The van der Waals surface area contributed by atoms with E-state index in [1.165, 1.54) is 11.3 Å². The zero-order valence-electron chi connectivity index (χ0n) is 14.9. The monoisotopic (exact) mass is 366 g/mol. The molecule has 5 nitrogen and oxygen atoms in total. The molecule has 3 aromatic rings. The van der Waals surface area contributed by atoms with Crippen LogP contribution < -0.4 is 11.1 Å². The van der Waals surface area contributed by atoms with Crippen molar-refractivity contribution in [3.8, 4) is 0 Å². The van der Waals surface area contributed by atoms with E-state index in [4.69, 9.17) is 5.73 Å². The number of nitrogen functional groups attached to an aromatic ring is 1. The van der Waals surface area contributed by atoms with Gasteiger partial charge in [0.15, 0.2) is 0 Å². The maximum absolute atomic E-state index is 12.2. The third kappa shape index (κ3) is 4.08. The van der Waals surface area contributed by atoms with Crippen LogP contribution in [0.3, 0.4) is 0 Å². The lowest BCUT2D eigenvalue weighted by Crippen LogP contribution is -2.18. The fourth-order valence-electron chi connectivity index (χ4n) is 2.70. The number of nitrogens with two attached hydrogens (primary N) is 1. The number of aryl methyl sites for hydroxylation is 1. The second kappa shape index (κ2) is 7.66. The van der Waals surface area contributed by atoms with Gasteiger partial charge >= 0.3 is 0 Å². The molecule has 26 heavy (non-hydrogen) atoms. The molecule has 0 aliphatic carbocycles. The SMILES string of the molecule is CC(C)(c1ccccc1)c1nnc(NC(=O)CCc2ccccc2N)s1. The summed E-state index contributed by atoms with van der Waals surface area (Å²) in [6.07, 6.45) is 0.949. The van der Waals surface area contributed by atoms with Gasteiger partial charge in [-0.1, -0.05) is 59.9 Å². The van der Waals surface area contributed by atoms with Crippen molar-refractivity contribution in [3.05, 3.63) is 70.7 Å². The van der Waals surface area contributed by atoms with Crippen molar-refractivity contribution in [2.45, 2.75) is 32.1 Å². The van der Waals surface area contributed by atoms with Gasteiger partial charge in [-0.15, -0.1) is 10.2 Å². The quantitative estimate of drug-likeness (QED) is 0.646. The number of amides is 1. The second-order valence-electron chi connectivity index (χ2n) is 6.65. The summed E-state index contributed by atoms with van der Waals surface area (Å²) in [4.78, 5) is 12.2. The van der Waals surface area contributed by atoms with Crippen molar-refractivity contribution >= 4 is 28.1 Å². The van der Waals surface area contributed by atoms with Gasteiger partial charge in [0.05, 0.1) is 0 Å². The van der Waals surface area contributed by atoms with E-state index < -0.39 is 0 Å². The van der Waals surface area contributed by atoms with E-state index in [0.29, 0.717) is 23.7 Å². The fourth-order valence-corrected chi connectivity index (χ4v) is 3.58. The Labute approximate surface area is 157 Å². The summed E-state index contributed by atoms with van der Waals surface area (Å²) in [5.74, 6) is -0.0894. The number of nitrogens with one attached hydrogen (secondary N) is 1. The number of nitrogens with zero attached hydrogens (tertiary/aromatic N) is 2. The predicted molar refractivity (Wildman–Crippen MR) is 106 cm³/mol. The van der Waals surface area contributed by atoms with Crippen LogP contribution in [-0.4, -0.2) is 16.1 Å². The number of carbonyl (C=O) groups excluding carboxylic acids is 1. The first-order valence-electron chi connectivity index (χ1n) is 8.49. The highest BCUT2D eigenvalue weighted by Crippen LogP contribution is 2.34. The molecule has 6 heteroatoms. The van der Waals surface area contributed by atoms with Gasteiger partial charge in [0, 0.05) is 17.5 Å². The molecule has 0 bridgehead atoms. The first kappa shape index (κ1) is 18.1. The normalized spacial score (nSPS) is 11.3. The summed E-state index contributed by atoms with van der Waals surface area (Å²) in [7, 11) is 0. The molecule has 0 atom stereocenters.